The lowest BCUT2D eigenvalue weighted by Gasteiger charge is -2.06. The summed E-state index contributed by atoms with van der Waals surface area (Å²) in [7, 11) is 0. The molecule has 1 heterocycles. The number of benzene rings is 2. The van der Waals surface area contributed by atoms with Gasteiger partial charge in [-0.25, -0.2) is 0 Å². The Bertz CT molecular complexity index is 860. The Morgan fingerprint density at radius 3 is 2.38 bits per heavy atom. The predicted octanol–water partition coefficient (Wildman–Crippen LogP) is 5.63. The van der Waals surface area contributed by atoms with Crippen LogP contribution in [0.1, 0.15) is 22.2 Å². The molecule has 26 heavy (non-hydrogen) atoms. The molecule has 0 radical (unpaired) electrons. The van der Waals surface area contributed by atoms with Crippen LogP contribution < -0.4 is 14.8 Å². The SMILES string of the molecule is CCOc1ccc(NC(=O)c2cc(COc3ccc(Cl)cc3)cs2)cc1. The molecule has 1 aromatic heterocycles. The third kappa shape index (κ3) is 5.00. The van der Waals surface area contributed by atoms with Gasteiger partial charge < -0.3 is 14.8 Å². The van der Waals surface area contributed by atoms with Crippen LogP contribution in [0.15, 0.2) is 60.0 Å². The van der Waals surface area contributed by atoms with Gasteiger partial charge in [-0.2, -0.15) is 0 Å². The number of hydrogen-bond donors (Lipinski definition) is 1. The summed E-state index contributed by atoms with van der Waals surface area (Å²) < 4.78 is 11.1. The average Bonchev–Trinajstić information content (AvgIpc) is 3.12. The van der Waals surface area contributed by atoms with Gasteiger partial charge in [0.15, 0.2) is 0 Å². The van der Waals surface area contributed by atoms with Gasteiger partial charge in [0.05, 0.1) is 11.5 Å². The molecule has 3 aromatic rings. The van der Waals surface area contributed by atoms with Crippen molar-refractivity contribution in [3.05, 3.63) is 75.4 Å². The fourth-order valence-corrected chi connectivity index (χ4v) is 3.18. The van der Waals surface area contributed by atoms with Crippen LogP contribution in [0.5, 0.6) is 11.5 Å². The number of nitrogens with one attached hydrogen (secondary N) is 1. The Hall–Kier alpha value is -2.50. The van der Waals surface area contributed by atoms with Gasteiger partial charge in [0.1, 0.15) is 18.1 Å². The van der Waals surface area contributed by atoms with Gasteiger partial charge in [0.2, 0.25) is 0 Å². The average molecular weight is 388 g/mol. The number of amides is 1. The summed E-state index contributed by atoms with van der Waals surface area (Å²) >= 11 is 7.24. The Balaban J connectivity index is 1.56. The minimum absolute atomic E-state index is 0.142. The van der Waals surface area contributed by atoms with Gasteiger partial charge in [-0.15, -0.1) is 11.3 Å². The molecule has 0 aliphatic carbocycles. The van der Waals surface area contributed by atoms with Crippen LogP contribution in [0.3, 0.4) is 0 Å². The fourth-order valence-electron chi connectivity index (χ4n) is 2.26. The lowest BCUT2D eigenvalue weighted by molar-refractivity contribution is 0.103. The van der Waals surface area contributed by atoms with Crippen molar-refractivity contribution in [2.45, 2.75) is 13.5 Å². The van der Waals surface area contributed by atoms with E-state index in [2.05, 4.69) is 5.32 Å². The van der Waals surface area contributed by atoms with Gasteiger partial charge in [0, 0.05) is 16.3 Å². The first-order chi connectivity index (χ1) is 12.6. The lowest BCUT2D eigenvalue weighted by atomic mass is 10.3. The van der Waals surface area contributed by atoms with Gasteiger partial charge >= 0.3 is 0 Å². The van der Waals surface area contributed by atoms with Crippen LogP contribution in [-0.4, -0.2) is 12.5 Å². The number of carbonyl (C=O) groups is 1. The van der Waals surface area contributed by atoms with Gasteiger partial charge in [0.25, 0.3) is 5.91 Å². The Morgan fingerprint density at radius 2 is 1.69 bits per heavy atom. The van der Waals surface area contributed by atoms with Gasteiger partial charge in [-0.3, -0.25) is 4.79 Å². The highest BCUT2D eigenvalue weighted by Crippen LogP contribution is 2.21. The summed E-state index contributed by atoms with van der Waals surface area (Å²) in [5.41, 5.74) is 1.67. The Labute approximate surface area is 161 Å². The minimum Gasteiger partial charge on any atom is -0.494 e. The molecule has 3 rings (SSSR count). The van der Waals surface area contributed by atoms with Crippen molar-refractivity contribution in [1.29, 1.82) is 0 Å². The van der Waals surface area contributed by atoms with E-state index >= 15 is 0 Å². The molecule has 134 valence electrons. The molecule has 6 heteroatoms. The largest absolute Gasteiger partial charge is 0.494 e. The minimum atomic E-state index is -0.142. The van der Waals surface area contributed by atoms with E-state index in [9.17, 15) is 4.79 Å². The maximum Gasteiger partial charge on any atom is 0.265 e. The second-order valence-electron chi connectivity index (χ2n) is 5.47. The first-order valence-electron chi connectivity index (χ1n) is 8.14. The molecule has 0 bridgehead atoms. The molecular weight excluding hydrogens is 370 g/mol. The van der Waals surface area contributed by atoms with Crippen LogP contribution in [0.2, 0.25) is 5.02 Å². The van der Waals surface area contributed by atoms with E-state index < -0.39 is 0 Å². The van der Waals surface area contributed by atoms with Crippen LogP contribution in [0.25, 0.3) is 0 Å². The quantitative estimate of drug-likeness (QED) is 0.571. The normalized spacial score (nSPS) is 10.4. The zero-order chi connectivity index (χ0) is 18.4. The first-order valence-corrected chi connectivity index (χ1v) is 9.40. The summed E-state index contributed by atoms with van der Waals surface area (Å²) in [6.45, 7) is 2.94. The van der Waals surface area contributed by atoms with E-state index in [0.29, 0.717) is 23.1 Å². The van der Waals surface area contributed by atoms with Crippen molar-refractivity contribution in [3.63, 3.8) is 0 Å². The molecule has 0 unspecified atom stereocenters. The van der Waals surface area contributed by atoms with E-state index in [1.807, 2.05) is 54.8 Å². The van der Waals surface area contributed by atoms with E-state index in [4.69, 9.17) is 21.1 Å². The number of hydrogen-bond acceptors (Lipinski definition) is 4. The molecule has 0 aliphatic heterocycles. The van der Waals surface area contributed by atoms with Crippen molar-refractivity contribution in [3.8, 4) is 11.5 Å². The monoisotopic (exact) mass is 387 g/mol. The standard InChI is InChI=1S/C20H18ClNO3S/c1-2-24-17-9-5-16(6-10-17)22-20(23)19-11-14(13-26-19)12-25-18-7-3-15(21)4-8-18/h3-11,13H,2,12H2,1H3,(H,22,23). The highest BCUT2D eigenvalue weighted by atomic mass is 35.5. The van der Waals surface area contributed by atoms with Gasteiger partial charge in [-0.1, -0.05) is 11.6 Å². The number of halogens is 1. The molecule has 0 fully saturated rings. The third-order valence-electron chi connectivity index (χ3n) is 3.52. The molecule has 0 atom stereocenters. The summed E-state index contributed by atoms with van der Waals surface area (Å²) in [5.74, 6) is 1.38. The number of anilines is 1. The first kappa shape index (κ1) is 18.3. The molecule has 0 saturated carbocycles. The molecular formula is C20H18ClNO3S. The van der Waals surface area contributed by atoms with Gasteiger partial charge in [-0.05, 0) is 66.9 Å². The second kappa shape index (κ2) is 8.74. The molecule has 2 aromatic carbocycles. The second-order valence-corrected chi connectivity index (χ2v) is 6.82. The summed E-state index contributed by atoms with van der Waals surface area (Å²) in [6.07, 6.45) is 0. The number of rotatable bonds is 7. The van der Waals surface area contributed by atoms with Crippen LogP contribution >= 0.6 is 22.9 Å². The maximum absolute atomic E-state index is 12.4. The Kier molecular flexibility index (Phi) is 6.15. The number of thiophene rings is 1. The predicted molar refractivity (Wildman–Crippen MR) is 106 cm³/mol. The van der Waals surface area contributed by atoms with E-state index in [1.165, 1.54) is 11.3 Å². The van der Waals surface area contributed by atoms with Crippen molar-refractivity contribution in [2.75, 3.05) is 11.9 Å². The molecule has 0 aliphatic rings. The molecule has 0 saturated heterocycles. The summed E-state index contributed by atoms with van der Waals surface area (Å²) in [6, 6.07) is 16.3. The fraction of sp³-hybridized carbons (Fsp3) is 0.150. The van der Waals surface area contributed by atoms with E-state index in [1.54, 1.807) is 12.1 Å². The van der Waals surface area contributed by atoms with Crippen LogP contribution in [0.4, 0.5) is 5.69 Å². The molecule has 1 amide bonds. The highest BCUT2D eigenvalue weighted by molar-refractivity contribution is 7.12. The van der Waals surface area contributed by atoms with Crippen molar-refractivity contribution >= 4 is 34.5 Å². The Morgan fingerprint density at radius 1 is 1.04 bits per heavy atom. The van der Waals surface area contributed by atoms with Crippen molar-refractivity contribution < 1.29 is 14.3 Å². The molecule has 4 nitrogen and oxygen atoms in total. The van der Waals surface area contributed by atoms with Crippen molar-refractivity contribution in [2.24, 2.45) is 0 Å². The summed E-state index contributed by atoms with van der Waals surface area (Å²) in [5, 5.41) is 5.47. The maximum atomic E-state index is 12.4. The highest BCUT2D eigenvalue weighted by Gasteiger charge is 2.10. The smallest absolute Gasteiger partial charge is 0.265 e. The topological polar surface area (TPSA) is 47.6 Å². The van der Waals surface area contributed by atoms with Crippen molar-refractivity contribution in [1.82, 2.24) is 0 Å². The molecule has 0 spiro atoms. The number of ether oxygens (including phenoxy) is 2. The molecule has 1 N–H and O–H groups in total. The zero-order valence-corrected chi connectivity index (χ0v) is 15.8. The lowest BCUT2D eigenvalue weighted by Crippen LogP contribution is -2.10. The van der Waals surface area contributed by atoms with Crippen LogP contribution in [0, 0.1) is 0 Å². The van der Waals surface area contributed by atoms with E-state index in [0.717, 1.165) is 22.7 Å². The van der Waals surface area contributed by atoms with Crippen LogP contribution in [-0.2, 0) is 6.61 Å². The third-order valence-corrected chi connectivity index (χ3v) is 4.75. The van der Waals surface area contributed by atoms with E-state index in [-0.39, 0.29) is 5.91 Å². The zero-order valence-electron chi connectivity index (χ0n) is 14.2. The summed E-state index contributed by atoms with van der Waals surface area (Å²) in [4.78, 5) is 13.0. The number of carbonyl (C=O) groups excluding carboxylic acids is 1.